The molecule has 3 rings (SSSR count). The molecule has 26 heavy (non-hydrogen) atoms. The minimum Gasteiger partial charge on any atom is -0.339 e. The fraction of sp³-hybridized carbons (Fsp3) is 0.500. The van der Waals surface area contributed by atoms with Crippen LogP contribution in [-0.2, 0) is 6.54 Å². The Morgan fingerprint density at radius 3 is 2.58 bits per heavy atom. The predicted molar refractivity (Wildman–Crippen MR) is 105 cm³/mol. The van der Waals surface area contributed by atoms with E-state index in [-0.39, 0.29) is 11.9 Å². The summed E-state index contributed by atoms with van der Waals surface area (Å²) >= 11 is 6.27. The van der Waals surface area contributed by atoms with Crippen LogP contribution in [0, 0.1) is 19.8 Å². The van der Waals surface area contributed by atoms with E-state index < -0.39 is 0 Å². The SMILES string of the molecule is Cc1nn(Cc2ccccc2Cl)c(C)c1C(=O)N1CCC(C(C)N)CC1. The molecule has 6 heteroatoms. The van der Waals surface area contributed by atoms with Crippen LogP contribution in [0.2, 0.25) is 5.02 Å². The number of benzene rings is 1. The summed E-state index contributed by atoms with van der Waals surface area (Å²) in [6.45, 7) is 8.00. The van der Waals surface area contributed by atoms with Gasteiger partial charge in [-0.25, -0.2) is 0 Å². The maximum absolute atomic E-state index is 13.1. The van der Waals surface area contributed by atoms with Crippen LogP contribution in [0.15, 0.2) is 24.3 Å². The number of rotatable bonds is 4. The molecule has 1 unspecified atom stereocenters. The molecular formula is C20H27ClN4O. The molecule has 1 saturated heterocycles. The second-order valence-electron chi connectivity index (χ2n) is 7.28. The van der Waals surface area contributed by atoms with Crippen molar-refractivity contribution in [2.45, 2.75) is 46.2 Å². The first kappa shape index (κ1) is 18.9. The number of aromatic nitrogens is 2. The van der Waals surface area contributed by atoms with Crippen LogP contribution >= 0.6 is 11.6 Å². The summed E-state index contributed by atoms with van der Waals surface area (Å²) in [7, 11) is 0. The van der Waals surface area contributed by atoms with Gasteiger partial charge in [0.2, 0.25) is 0 Å². The van der Waals surface area contributed by atoms with Crippen LogP contribution in [0.4, 0.5) is 0 Å². The molecule has 0 bridgehead atoms. The average molecular weight is 375 g/mol. The number of halogens is 1. The first-order valence-electron chi connectivity index (χ1n) is 9.20. The van der Waals surface area contributed by atoms with Gasteiger partial charge in [0.1, 0.15) is 0 Å². The molecule has 5 nitrogen and oxygen atoms in total. The fourth-order valence-corrected chi connectivity index (χ4v) is 3.93. The van der Waals surface area contributed by atoms with Crippen molar-refractivity contribution in [2.24, 2.45) is 11.7 Å². The molecule has 1 amide bonds. The van der Waals surface area contributed by atoms with Crippen LogP contribution in [0.25, 0.3) is 0 Å². The Hall–Kier alpha value is -1.85. The predicted octanol–water partition coefficient (Wildman–Crippen LogP) is 3.40. The van der Waals surface area contributed by atoms with Crippen LogP contribution in [0.1, 0.15) is 47.1 Å². The lowest BCUT2D eigenvalue weighted by Gasteiger charge is -2.33. The van der Waals surface area contributed by atoms with Gasteiger partial charge in [0.25, 0.3) is 5.91 Å². The van der Waals surface area contributed by atoms with Gasteiger partial charge in [0, 0.05) is 29.8 Å². The molecule has 140 valence electrons. The molecule has 0 spiro atoms. The topological polar surface area (TPSA) is 64.2 Å². The maximum atomic E-state index is 13.1. The highest BCUT2D eigenvalue weighted by molar-refractivity contribution is 6.31. The average Bonchev–Trinajstić information content (AvgIpc) is 2.90. The molecule has 0 saturated carbocycles. The zero-order chi connectivity index (χ0) is 18.8. The van der Waals surface area contributed by atoms with Crippen LogP contribution in [-0.4, -0.2) is 39.7 Å². The molecule has 1 aliphatic heterocycles. The Morgan fingerprint density at radius 2 is 1.96 bits per heavy atom. The minimum absolute atomic E-state index is 0.0773. The zero-order valence-corrected chi connectivity index (χ0v) is 16.5. The first-order chi connectivity index (χ1) is 12.4. The Morgan fingerprint density at radius 1 is 1.31 bits per heavy atom. The molecule has 1 aliphatic rings. The van der Waals surface area contributed by atoms with E-state index in [1.807, 2.05) is 47.7 Å². The van der Waals surface area contributed by atoms with E-state index in [4.69, 9.17) is 17.3 Å². The third-order valence-corrected chi connectivity index (χ3v) is 5.81. The summed E-state index contributed by atoms with van der Waals surface area (Å²) in [5.41, 5.74) is 9.39. The standard InChI is InChI=1S/C20H27ClN4O/c1-13(22)16-8-10-24(11-9-16)20(26)19-14(2)23-25(15(19)3)12-17-6-4-5-7-18(17)21/h4-7,13,16H,8-12,22H2,1-3H3. The summed E-state index contributed by atoms with van der Waals surface area (Å²) < 4.78 is 1.87. The van der Waals surface area contributed by atoms with Crippen molar-refractivity contribution in [3.8, 4) is 0 Å². The van der Waals surface area contributed by atoms with E-state index in [1.165, 1.54) is 0 Å². The van der Waals surface area contributed by atoms with E-state index in [1.54, 1.807) is 0 Å². The number of amides is 1. The molecule has 2 aromatic rings. The van der Waals surface area contributed by atoms with Crippen molar-refractivity contribution in [2.75, 3.05) is 13.1 Å². The second kappa shape index (κ2) is 7.80. The first-order valence-corrected chi connectivity index (χ1v) is 9.58. The fourth-order valence-electron chi connectivity index (χ4n) is 3.73. The lowest BCUT2D eigenvalue weighted by molar-refractivity contribution is 0.0679. The molecule has 1 atom stereocenters. The lowest BCUT2D eigenvalue weighted by Crippen LogP contribution is -2.42. The lowest BCUT2D eigenvalue weighted by atomic mass is 9.90. The number of hydrogen-bond donors (Lipinski definition) is 1. The summed E-state index contributed by atoms with van der Waals surface area (Å²) in [6, 6.07) is 7.92. The molecule has 1 fully saturated rings. The zero-order valence-electron chi connectivity index (χ0n) is 15.7. The van der Waals surface area contributed by atoms with Gasteiger partial charge in [-0.3, -0.25) is 9.48 Å². The van der Waals surface area contributed by atoms with Crippen LogP contribution in [0.5, 0.6) is 0 Å². The number of nitrogens with zero attached hydrogens (tertiary/aromatic N) is 3. The van der Waals surface area contributed by atoms with Gasteiger partial charge in [-0.05, 0) is 51.2 Å². The number of piperidine rings is 1. The highest BCUT2D eigenvalue weighted by Crippen LogP contribution is 2.24. The van der Waals surface area contributed by atoms with Crippen molar-refractivity contribution < 1.29 is 4.79 Å². The number of likely N-dealkylation sites (tertiary alicyclic amines) is 1. The van der Waals surface area contributed by atoms with Gasteiger partial charge >= 0.3 is 0 Å². The summed E-state index contributed by atoms with van der Waals surface area (Å²) in [5.74, 6) is 0.581. The van der Waals surface area contributed by atoms with Gasteiger partial charge in [-0.2, -0.15) is 5.10 Å². The molecule has 2 N–H and O–H groups in total. The third kappa shape index (κ3) is 3.79. The van der Waals surface area contributed by atoms with Gasteiger partial charge < -0.3 is 10.6 Å². The summed E-state index contributed by atoms with van der Waals surface area (Å²) in [6.07, 6.45) is 1.94. The largest absolute Gasteiger partial charge is 0.339 e. The Labute approximate surface area is 160 Å². The normalized spacial score (nSPS) is 16.7. The van der Waals surface area contributed by atoms with Gasteiger partial charge in [0.05, 0.1) is 17.8 Å². The van der Waals surface area contributed by atoms with Crippen molar-refractivity contribution in [3.63, 3.8) is 0 Å². The molecule has 2 heterocycles. The van der Waals surface area contributed by atoms with Gasteiger partial charge in [-0.1, -0.05) is 29.8 Å². The number of aryl methyl sites for hydroxylation is 1. The Balaban J connectivity index is 1.78. The van der Waals surface area contributed by atoms with Crippen molar-refractivity contribution in [1.82, 2.24) is 14.7 Å². The molecule has 0 aliphatic carbocycles. The Bertz CT molecular complexity index is 791. The maximum Gasteiger partial charge on any atom is 0.257 e. The Kier molecular flexibility index (Phi) is 5.68. The van der Waals surface area contributed by atoms with E-state index in [9.17, 15) is 4.79 Å². The highest BCUT2D eigenvalue weighted by Gasteiger charge is 2.28. The summed E-state index contributed by atoms with van der Waals surface area (Å²) in [4.78, 5) is 15.0. The molecule has 1 aromatic carbocycles. The number of nitrogens with two attached hydrogens (primary N) is 1. The van der Waals surface area contributed by atoms with Crippen LogP contribution < -0.4 is 5.73 Å². The minimum atomic E-state index is 0.0773. The van der Waals surface area contributed by atoms with Gasteiger partial charge in [-0.15, -0.1) is 0 Å². The molecular weight excluding hydrogens is 348 g/mol. The van der Waals surface area contributed by atoms with Crippen LogP contribution in [0.3, 0.4) is 0 Å². The second-order valence-corrected chi connectivity index (χ2v) is 7.69. The highest BCUT2D eigenvalue weighted by atomic mass is 35.5. The number of carbonyl (C=O) groups excluding carboxylic acids is 1. The van der Waals surface area contributed by atoms with Gasteiger partial charge in [0.15, 0.2) is 0 Å². The molecule has 0 radical (unpaired) electrons. The monoisotopic (exact) mass is 374 g/mol. The van der Waals surface area contributed by atoms with Crippen molar-refractivity contribution >= 4 is 17.5 Å². The smallest absolute Gasteiger partial charge is 0.257 e. The van der Waals surface area contributed by atoms with E-state index in [2.05, 4.69) is 12.0 Å². The third-order valence-electron chi connectivity index (χ3n) is 5.44. The summed E-state index contributed by atoms with van der Waals surface area (Å²) in [5, 5.41) is 5.31. The van der Waals surface area contributed by atoms with E-state index in [0.29, 0.717) is 17.5 Å². The van der Waals surface area contributed by atoms with E-state index in [0.717, 1.165) is 48.4 Å². The quantitative estimate of drug-likeness (QED) is 0.891. The molecule has 1 aromatic heterocycles. The van der Waals surface area contributed by atoms with Crippen molar-refractivity contribution in [1.29, 1.82) is 0 Å². The van der Waals surface area contributed by atoms with Crippen molar-refractivity contribution in [3.05, 3.63) is 51.8 Å². The van der Waals surface area contributed by atoms with E-state index >= 15 is 0 Å². The number of carbonyl (C=O) groups is 1. The number of hydrogen-bond acceptors (Lipinski definition) is 3.